The molecule has 3 heteroatoms. The van der Waals surface area contributed by atoms with Crippen LogP contribution in [0.15, 0.2) is 0 Å². The Hall–Kier alpha value is 0.270. The fourth-order valence-electron chi connectivity index (χ4n) is 3.26. The Kier molecular flexibility index (Phi) is 6.33. The van der Waals surface area contributed by atoms with Crippen molar-refractivity contribution in [3.05, 3.63) is 0 Å². The van der Waals surface area contributed by atoms with Crippen molar-refractivity contribution in [2.24, 2.45) is 11.8 Å². The molecular formula is C15H30N2S. The second kappa shape index (κ2) is 7.76. The van der Waals surface area contributed by atoms with E-state index in [0.717, 1.165) is 11.8 Å². The lowest BCUT2D eigenvalue weighted by Gasteiger charge is -2.36. The van der Waals surface area contributed by atoms with Crippen molar-refractivity contribution in [2.75, 3.05) is 37.7 Å². The standard InChI is InChI=1S/C15H30N2S/c1-3-17-8-4-5-15(12-17)13(2)16-11-14-6-9-18-10-7-14/h13-16H,3-12H2,1-2H3. The molecule has 0 spiro atoms. The predicted octanol–water partition coefficient (Wildman–Crippen LogP) is 2.84. The Morgan fingerprint density at radius 3 is 2.78 bits per heavy atom. The monoisotopic (exact) mass is 270 g/mol. The minimum Gasteiger partial charge on any atom is -0.314 e. The second-order valence-electron chi connectivity index (χ2n) is 6.05. The predicted molar refractivity (Wildman–Crippen MR) is 82.4 cm³/mol. The lowest BCUT2D eigenvalue weighted by atomic mass is 9.91. The van der Waals surface area contributed by atoms with Gasteiger partial charge in [-0.1, -0.05) is 6.92 Å². The van der Waals surface area contributed by atoms with Gasteiger partial charge in [-0.3, -0.25) is 0 Å². The van der Waals surface area contributed by atoms with Gasteiger partial charge < -0.3 is 10.2 Å². The number of rotatable bonds is 5. The van der Waals surface area contributed by atoms with E-state index in [2.05, 4.69) is 35.8 Å². The highest BCUT2D eigenvalue weighted by molar-refractivity contribution is 7.99. The smallest absolute Gasteiger partial charge is 0.00793 e. The number of piperidine rings is 1. The van der Waals surface area contributed by atoms with Gasteiger partial charge in [0.25, 0.3) is 0 Å². The summed E-state index contributed by atoms with van der Waals surface area (Å²) in [7, 11) is 0. The van der Waals surface area contributed by atoms with Crippen LogP contribution in [0.2, 0.25) is 0 Å². The minimum absolute atomic E-state index is 0.703. The zero-order valence-corrected chi connectivity index (χ0v) is 13.0. The summed E-state index contributed by atoms with van der Waals surface area (Å²) in [5.74, 6) is 4.58. The first-order chi connectivity index (χ1) is 8.79. The molecule has 2 heterocycles. The molecule has 0 radical (unpaired) electrons. The molecule has 2 nitrogen and oxygen atoms in total. The summed E-state index contributed by atoms with van der Waals surface area (Å²) in [5.41, 5.74) is 0. The van der Waals surface area contributed by atoms with E-state index in [1.807, 2.05) is 0 Å². The van der Waals surface area contributed by atoms with Crippen LogP contribution in [0.4, 0.5) is 0 Å². The fourth-order valence-corrected chi connectivity index (χ4v) is 4.46. The van der Waals surface area contributed by atoms with E-state index in [4.69, 9.17) is 0 Å². The summed E-state index contributed by atoms with van der Waals surface area (Å²) in [6, 6.07) is 0.703. The van der Waals surface area contributed by atoms with Crippen LogP contribution in [-0.2, 0) is 0 Å². The van der Waals surface area contributed by atoms with Crippen LogP contribution in [0.5, 0.6) is 0 Å². The van der Waals surface area contributed by atoms with E-state index < -0.39 is 0 Å². The number of nitrogens with one attached hydrogen (secondary N) is 1. The molecule has 0 saturated carbocycles. The van der Waals surface area contributed by atoms with E-state index in [9.17, 15) is 0 Å². The summed E-state index contributed by atoms with van der Waals surface area (Å²) in [6.07, 6.45) is 5.67. The van der Waals surface area contributed by atoms with Crippen LogP contribution in [0.1, 0.15) is 39.5 Å². The Morgan fingerprint density at radius 1 is 1.28 bits per heavy atom. The molecule has 0 amide bonds. The van der Waals surface area contributed by atoms with Gasteiger partial charge in [0.2, 0.25) is 0 Å². The topological polar surface area (TPSA) is 15.3 Å². The summed E-state index contributed by atoms with van der Waals surface area (Å²) < 4.78 is 0. The van der Waals surface area contributed by atoms with Gasteiger partial charge in [-0.25, -0.2) is 0 Å². The molecule has 2 fully saturated rings. The van der Waals surface area contributed by atoms with Gasteiger partial charge in [0.1, 0.15) is 0 Å². The fraction of sp³-hybridized carbons (Fsp3) is 1.00. The number of thioether (sulfide) groups is 1. The maximum absolute atomic E-state index is 3.83. The van der Waals surface area contributed by atoms with Crippen LogP contribution in [0, 0.1) is 11.8 Å². The van der Waals surface area contributed by atoms with Gasteiger partial charge in [-0.05, 0) is 75.6 Å². The van der Waals surface area contributed by atoms with Gasteiger partial charge in [0, 0.05) is 12.6 Å². The molecule has 1 N–H and O–H groups in total. The SMILES string of the molecule is CCN1CCCC(C(C)NCC2CCSCC2)C1. The van der Waals surface area contributed by atoms with Crippen molar-refractivity contribution in [1.82, 2.24) is 10.2 Å². The van der Waals surface area contributed by atoms with E-state index in [-0.39, 0.29) is 0 Å². The van der Waals surface area contributed by atoms with E-state index in [1.54, 1.807) is 0 Å². The molecule has 2 unspecified atom stereocenters. The molecule has 0 aliphatic carbocycles. The molecule has 2 aliphatic rings. The number of nitrogens with zero attached hydrogens (tertiary/aromatic N) is 1. The van der Waals surface area contributed by atoms with Crippen LogP contribution in [0.3, 0.4) is 0 Å². The van der Waals surface area contributed by atoms with Crippen molar-refractivity contribution in [2.45, 2.75) is 45.6 Å². The molecule has 2 saturated heterocycles. The third-order valence-electron chi connectivity index (χ3n) is 4.77. The Bertz CT molecular complexity index is 229. The maximum atomic E-state index is 3.83. The molecule has 0 aromatic carbocycles. The van der Waals surface area contributed by atoms with Crippen molar-refractivity contribution in [1.29, 1.82) is 0 Å². The Balaban J connectivity index is 1.68. The zero-order chi connectivity index (χ0) is 12.8. The van der Waals surface area contributed by atoms with Crippen LogP contribution in [0.25, 0.3) is 0 Å². The number of hydrogen-bond acceptors (Lipinski definition) is 3. The molecular weight excluding hydrogens is 240 g/mol. The third kappa shape index (κ3) is 4.43. The summed E-state index contributed by atoms with van der Waals surface area (Å²) in [5, 5.41) is 3.83. The molecule has 2 atom stereocenters. The van der Waals surface area contributed by atoms with Gasteiger partial charge in [0.15, 0.2) is 0 Å². The maximum Gasteiger partial charge on any atom is 0.00793 e. The first kappa shape index (κ1) is 14.7. The molecule has 2 rings (SSSR count). The van der Waals surface area contributed by atoms with Gasteiger partial charge in [-0.2, -0.15) is 11.8 Å². The summed E-state index contributed by atoms with van der Waals surface area (Å²) >= 11 is 2.13. The molecule has 106 valence electrons. The number of likely N-dealkylation sites (tertiary alicyclic amines) is 1. The lowest BCUT2D eigenvalue weighted by Crippen LogP contribution is -2.45. The quantitative estimate of drug-likeness (QED) is 0.827. The van der Waals surface area contributed by atoms with E-state index in [1.165, 1.54) is 63.4 Å². The van der Waals surface area contributed by atoms with Crippen LogP contribution >= 0.6 is 11.8 Å². The van der Waals surface area contributed by atoms with Gasteiger partial charge in [-0.15, -0.1) is 0 Å². The third-order valence-corrected chi connectivity index (χ3v) is 5.81. The van der Waals surface area contributed by atoms with Crippen molar-refractivity contribution in [3.8, 4) is 0 Å². The summed E-state index contributed by atoms with van der Waals surface area (Å²) in [4.78, 5) is 2.61. The lowest BCUT2D eigenvalue weighted by molar-refractivity contribution is 0.155. The first-order valence-corrected chi connectivity index (χ1v) is 8.98. The van der Waals surface area contributed by atoms with Crippen LogP contribution in [-0.4, -0.2) is 48.6 Å². The molecule has 0 aromatic heterocycles. The first-order valence-electron chi connectivity index (χ1n) is 7.83. The minimum atomic E-state index is 0.703. The normalized spacial score (nSPS) is 29.3. The average molecular weight is 270 g/mol. The second-order valence-corrected chi connectivity index (χ2v) is 7.27. The van der Waals surface area contributed by atoms with Gasteiger partial charge >= 0.3 is 0 Å². The number of hydrogen-bond donors (Lipinski definition) is 1. The molecule has 2 aliphatic heterocycles. The van der Waals surface area contributed by atoms with E-state index in [0.29, 0.717) is 6.04 Å². The zero-order valence-electron chi connectivity index (χ0n) is 12.2. The Morgan fingerprint density at radius 2 is 2.06 bits per heavy atom. The van der Waals surface area contributed by atoms with E-state index >= 15 is 0 Å². The van der Waals surface area contributed by atoms with Crippen molar-refractivity contribution < 1.29 is 0 Å². The highest BCUT2D eigenvalue weighted by Crippen LogP contribution is 2.23. The molecule has 0 aromatic rings. The van der Waals surface area contributed by atoms with Crippen molar-refractivity contribution in [3.63, 3.8) is 0 Å². The van der Waals surface area contributed by atoms with Crippen LogP contribution < -0.4 is 5.32 Å². The highest BCUT2D eigenvalue weighted by atomic mass is 32.2. The molecule has 18 heavy (non-hydrogen) atoms. The largest absolute Gasteiger partial charge is 0.314 e. The summed E-state index contributed by atoms with van der Waals surface area (Å²) in [6.45, 7) is 9.81. The van der Waals surface area contributed by atoms with Gasteiger partial charge in [0.05, 0.1) is 0 Å². The highest BCUT2D eigenvalue weighted by Gasteiger charge is 2.24. The van der Waals surface area contributed by atoms with Crippen molar-refractivity contribution >= 4 is 11.8 Å². The Labute approximate surface area is 117 Å². The molecule has 0 bridgehead atoms. The average Bonchev–Trinajstić information content (AvgIpc) is 2.46.